The van der Waals surface area contributed by atoms with Crippen LogP contribution >= 0.6 is 0 Å². The largest absolute Gasteiger partial charge is 0.489 e. The average Bonchev–Trinajstić information content (AvgIpc) is 2.61. The van der Waals surface area contributed by atoms with Gasteiger partial charge in [-0.25, -0.2) is 0 Å². The molecule has 1 atom stereocenters. The van der Waals surface area contributed by atoms with Gasteiger partial charge in [0.2, 0.25) is 5.91 Å². The second kappa shape index (κ2) is 6.93. The molecular formula is C19H22N2O3. The molecule has 126 valence electrons. The van der Waals surface area contributed by atoms with Gasteiger partial charge in [-0.2, -0.15) is 0 Å². The second-order valence-corrected chi connectivity index (χ2v) is 6.07. The van der Waals surface area contributed by atoms with Crippen molar-refractivity contribution in [2.24, 2.45) is 0 Å². The van der Waals surface area contributed by atoms with Crippen molar-refractivity contribution in [2.45, 2.75) is 12.5 Å². The molecule has 1 amide bonds. The predicted molar refractivity (Wildman–Crippen MR) is 94.6 cm³/mol. The minimum Gasteiger partial charge on any atom is -0.489 e. The van der Waals surface area contributed by atoms with Crippen LogP contribution in [-0.2, 0) is 4.79 Å². The number of aliphatic hydroxyl groups excluding tert-OH is 1. The van der Waals surface area contributed by atoms with Gasteiger partial charge in [-0.1, -0.05) is 30.3 Å². The van der Waals surface area contributed by atoms with E-state index in [1.165, 1.54) is 0 Å². The SMILES string of the molecule is CN(C)c1ccc2c(c1)OCCN2C(=O)CC(O)c1ccccc1. The molecule has 0 radical (unpaired) electrons. The maximum atomic E-state index is 12.7. The zero-order valence-electron chi connectivity index (χ0n) is 14.0. The van der Waals surface area contributed by atoms with E-state index in [9.17, 15) is 9.90 Å². The third-order valence-corrected chi connectivity index (χ3v) is 4.18. The van der Waals surface area contributed by atoms with Gasteiger partial charge in [0.05, 0.1) is 24.8 Å². The van der Waals surface area contributed by atoms with E-state index in [0.29, 0.717) is 18.9 Å². The summed E-state index contributed by atoms with van der Waals surface area (Å²) in [6.07, 6.45) is -0.746. The molecule has 0 spiro atoms. The Kier molecular flexibility index (Phi) is 4.71. The van der Waals surface area contributed by atoms with Crippen LogP contribution in [0.4, 0.5) is 11.4 Å². The number of carbonyl (C=O) groups is 1. The number of carbonyl (C=O) groups excluding carboxylic acids is 1. The summed E-state index contributed by atoms with van der Waals surface area (Å²) in [5.41, 5.74) is 2.53. The summed E-state index contributed by atoms with van der Waals surface area (Å²) in [7, 11) is 3.92. The number of nitrogens with zero attached hydrogens (tertiary/aromatic N) is 2. The molecule has 1 N–H and O–H groups in total. The molecule has 2 aromatic rings. The van der Waals surface area contributed by atoms with Crippen LogP contribution in [0.5, 0.6) is 5.75 Å². The molecular weight excluding hydrogens is 304 g/mol. The number of hydrogen-bond acceptors (Lipinski definition) is 4. The van der Waals surface area contributed by atoms with Gasteiger partial charge in [-0.15, -0.1) is 0 Å². The standard InChI is InChI=1S/C19H22N2O3/c1-20(2)15-8-9-16-18(12-15)24-11-10-21(16)19(23)13-17(22)14-6-4-3-5-7-14/h3-9,12,17,22H,10-11,13H2,1-2H3. The van der Waals surface area contributed by atoms with Crippen molar-refractivity contribution in [3.05, 3.63) is 54.1 Å². The molecule has 1 heterocycles. The monoisotopic (exact) mass is 326 g/mol. The third kappa shape index (κ3) is 3.36. The number of fused-ring (bicyclic) bond motifs is 1. The Balaban J connectivity index is 1.77. The molecule has 1 aliphatic heterocycles. The predicted octanol–water partition coefficient (Wildman–Crippen LogP) is 2.60. The van der Waals surface area contributed by atoms with Gasteiger partial charge in [0.25, 0.3) is 0 Å². The van der Waals surface area contributed by atoms with E-state index in [2.05, 4.69) is 0 Å². The van der Waals surface area contributed by atoms with Crippen molar-refractivity contribution in [1.29, 1.82) is 0 Å². The van der Waals surface area contributed by atoms with E-state index in [1.54, 1.807) is 4.90 Å². The summed E-state index contributed by atoms with van der Waals surface area (Å²) in [6.45, 7) is 0.950. The Morgan fingerprint density at radius 2 is 2.00 bits per heavy atom. The van der Waals surface area contributed by atoms with E-state index in [0.717, 1.165) is 16.9 Å². The quantitative estimate of drug-likeness (QED) is 0.938. The normalized spacial score (nSPS) is 14.5. The number of hydrogen-bond donors (Lipinski definition) is 1. The van der Waals surface area contributed by atoms with Crippen LogP contribution < -0.4 is 14.5 Å². The zero-order chi connectivity index (χ0) is 17.1. The summed E-state index contributed by atoms with van der Waals surface area (Å²) in [4.78, 5) is 16.4. The van der Waals surface area contributed by atoms with E-state index >= 15 is 0 Å². The van der Waals surface area contributed by atoms with Gasteiger partial charge in [0.15, 0.2) is 0 Å². The highest BCUT2D eigenvalue weighted by Gasteiger charge is 2.26. The van der Waals surface area contributed by atoms with Crippen molar-refractivity contribution in [3.63, 3.8) is 0 Å². The van der Waals surface area contributed by atoms with Gasteiger partial charge in [0.1, 0.15) is 12.4 Å². The first-order valence-corrected chi connectivity index (χ1v) is 8.04. The van der Waals surface area contributed by atoms with Crippen molar-refractivity contribution in [2.75, 3.05) is 37.0 Å². The maximum absolute atomic E-state index is 12.7. The van der Waals surface area contributed by atoms with Crippen LogP contribution in [0.15, 0.2) is 48.5 Å². The lowest BCUT2D eigenvalue weighted by Crippen LogP contribution is -2.38. The fourth-order valence-corrected chi connectivity index (χ4v) is 2.81. The van der Waals surface area contributed by atoms with Crippen LogP contribution in [0.1, 0.15) is 18.1 Å². The molecule has 3 rings (SSSR count). The summed E-state index contributed by atoms with van der Waals surface area (Å²) in [5, 5.41) is 10.3. The van der Waals surface area contributed by atoms with Gasteiger partial charge < -0.3 is 19.6 Å². The number of amides is 1. The van der Waals surface area contributed by atoms with Crippen LogP contribution in [-0.4, -0.2) is 38.3 Å². The molecule has 1 unspecified atom stereocenters. The molecule has 5 heteroatoms. The fraction of sp³-hybridized carbons (Fsp3) is 0.316. The minimum atomic E-state index is -0.800. The Hall–Kier alpha value is -2.53. The molecule has 2 aromatic carbocycles. The Morgan fingerprint density at radius 1 is 1.25 bits per heavy atom. The zero-order valence-corrected chi connectivity index (χ0v) is 14.0. The number of ether oxygens (including phenoxy) is 1. The van der Waals surface area contributed by atoms with Crippen molar-refractivity contribution in [3.8, 4) is 5.75 Å². The first-order valence-electron chi connectivity index (χ1n) is 8.04. The van der Waals surface area contributed by atoms with Gasteiger partial charge in [-0.3, -0.25) is 4.79 Å². The number of rotatable bonds is 4. The molecule has 5 nitrogen and oxygen atoms in total. The van der Waals surface area contributed by atoms with E-state index in [1.807, 2.05) is 67.5 Å². The molecule has 0 aliphatic carbocycles. The molecule has 24 heavy (non-hydrogen) atoms. The van der Waals surface area contributed by atoms with Gasteiger partial charge in [0, 0.05) is 25.8 Å². The summed E-state index contributed by atoms with van der Waals surface area (Å²) < 4.78 is 5.70. The van der Waals surface area contributed by atoms with Crippen LogP contribution in [0.3, 0.4) is 0 Å². The number of anilines is 2. The summed E-state index contributed by atoms with van der Waals surface area (Å²) >= 11 is 0. The van der Waals surface area contributed by atoms with E-state index in [4.69, 9.17) is 4.74 Å². The molecule has 0 aromatic heterocycles. The minimum absolute atomic E-state index is 0.0544. The average molecular weight is 326 g/mol. The lowest BCUT2D eigenvalue weighted by Gasteiger charge is -2.31. The lowest BCUT2D eigenvalue weighted by atomic mass is 10.1. The molecule has 0 saturated carbocycles. The van der Waals surface area contributed by atoms with E-state index in [-0.39, 0.29) is 12.3 Å². The highest BCUT2D eigenvalue weighted by atomic mass is 16.5. The first kappa shape index (κ1) is 16.3. The number of aliphatic hydroxyl groups is 1. The Morgan fingerprint density at radius 3 is 2.71 bits per heavy atom. The third-order valence-electron chi connectivity index (χ3n) is 4.18. The van der Waals surface area contributed by atoms with Crippen molar-refractivity contribution < 1.29 is 14.6 Å². The molecule has 1 aliphatic rings. The molecule has 0 saturated heterocycles. The molecule has 0 fully saturated rings. The summed E-state index contributed by atoms with van der Waals surface area (Å²) in [5.74, 6) is 0.600. The second-order valence-electron chi connectivity index (χ2n) is 6.07. The number of benzene rings is 2. The van der Waals surface area contributed by atoms with Crippen molar-refractivity contribution in [1.82, 2.24) is 0 Å². The topological polar surface area (TPSA) is 53.0 Å². The highest BCUT2D eigenvalue weighted by molar-refractivity contribution is 5.96. The van der Waals surface area contributed by atoms with Gasteiger partial charge >= 0.3 is 0 Å². The highest BCUT2D eigenvalue weighted by Crippen LogP contribution is 2.35. The lowest BCUT2D eigenvalue weighted by molar-refractivity contribution is -0.120. The fourth-order valence-electron chi connectivity index (χ4n) is 2.81. The Bertz CT molecular complexity index is 716. The van der Waals surface area contributed by atoms with Crippen molar-refractivity contribution >= 4 is 17.3 Å². The summed E-state index contributed by atoms with van der Waals surface area (Å²) in [6, 6.07) is 15.0. The van der Waals surface area contributed by atoms with Crippen LogP contribution in [0.25, 0.3) is 0 Å². The first-order chi connectivity index (χ1) is 11.6. The van der Waals surface area contributed by atoms with Gasteiger partial charge in [-0.05, 0) is 17.7 Å². The maximum Gasteiger partial charge on any atom is 0.230 e. The molecule has 0 bridgehead atoms. The Labute approximate surface area is 142 Å². The van der Waals surface area contributed by atoms with E-state index < -0.39 is 6.10 Å². The van der Waals surface area contributed by atoms with Crippen LogP contribution in [0.2, 0.25) is 0 Å². The van der Waals surface area contributed by atoms with Crippen LogP contribution in [0, 0.1) is 0 Å². The smallest absolute Gasteiger partial charge is 0.230 e.